The summed E-state index contributed by atoms with van der Waals surface area (Å²) in [6.45, 7) is 0. The fraction of sp³-hybridized carbons (Fsp3) is 0.176. The van der Waals surface area contributed by atoms with Gasteiger partial charge in [0.1, 0.15) is 0 Å². The van der Waals surface area contributed by atoms with Crippen molar-refractivity contribution in [2.75, 3.05) is 19.5 Å². The number of anilines is 1. The van der Waals surface area contributed by atoms with Crippen LogP contribution >= 0.6 is 0 Å². The minimum Gasteiger partial charge on any atom is -0.493 e. The van der Waals surface area contributed by atoms with Gasteiger partial charge in [0.15, 0.2) is 11.5 Å². The van der Waals surface area contributed by atoms with Crippen LogP contribution in [0.25, 0.3) is 5.69 Å². The van der Waals surface area contributed by atoms with Gasteiger partial charge in [-0.25, -0.2) is 4.79 Å². The number of carbonyl (C=O) groups excluding carboxylic acids is 1. The van der Waals surface area contributed by atoms with E-state index >= 15 is 0 Å². The van der Waals surface area contributed by atoms with Gasteiger partial charge >= 0.3 is 5.69 Å². The van der Waals surface area contributed by atoms with Crippen LogP contribution in [-0.2, 0) is 7.05 Å². The minimum absolute atomic E-state index is 0.342. The van der Waals surface area contributed by atoms with Crippen LogP contribution in [0.4, 0.5) is 5.69 Å². The molecule has 26 heavy (non-hydrogen) atoms. The maximum Gasteiger partial charge on any atom is 0.368 e. The first kappa shape index (κ1) is 17.2. The predicted molar refractivity (Wildman–Crippen MR) is 94.1 cm³/mol. The second-order valence-electron chi connectivity index (χ2n) is 5.34. The summed E-state index contributed by atoms with van der Waals surface area (Å²) in [6, 6.07) is 11.7. The van der Waals surface area contributed by atoms with Crippen molar-refractivity contribution in [2.24, 2.45) is 7.05 Å². The Hall–Kier alpha value is -3.62. The van der Waals surface area contributed by atoms with E-state index in [0.29, 0.717) is 28.4 Å². The molecule has 9 nitrogen and oxygen atoms in total. The highest BCUT2D eigenvalue weighted by Crippen LogP contribution is 2.31. The molecule has 1 amide bonds. The maximum atomic E-state index is 12.5. The maximum absolute atomic E-state index is 12.5. The van der Waals surface area contributed by atoms with Crippen molar-refractivity contribution in [3.8, 4) is 17.2 Å². The molecular formula is C17H17N5O4. The van der Waals surface area contributed by atoms with Gasteiger partial charge in [0, 0.05) is 12.7 Å². The van der Waals surface area contributed by atoms with Crippen molar-refractivity contribution in [3.63, 3.8) is 0 Å². The van der Waals surface area contributed by atoms with E-state index < -0.39 is 0 Å². The Balaban J connectivity index is 1.83. The van der Waals surface area contributed by atoms with Gasteiger partial charge in [-0.3, -0.25) is 4.79 Å². The topological polar surface area (TPSA) is 100 Å². The second-order valence-corrected chi connectivity index (χ2v) is 5.34. The monoisotopic (exact) mass is 355 g/mol. The molecule has 2 aromatic carbocycles. The lowest BCUT2D eigenvalue weighted by molar-refractivity contribution is 0.102. The Morgan fingerprint density at radius 1 is 1.04 bits per heavy atom. The summed E-state index contributed by atoms with van der Waals surface area (Å²) >= 11 is 0. The van der Waals surface area contributed by atoms with E-state index in [-0.39, 0.29) is 11.6 Å². The molecule has 1 aromatic heterocycles. The predicted octanol–water partition coefficient (Wildman–Crippen LogP) is 1.24. The number of amides is 1. The SMILES string of the molecule is COc1cccc(C(=O)Nc2ccc(-n3nnn(C)c3=O)cc2)c1OC. The van der Waals surface area contributed by atoms with Crippen molar-refractivity contribution in [3.05, 3.63) is 58.5 Å². The number of aromatic nitrogens is 4. The van der Waals surface area contributed by atoms with E-state index in [2.05, 4.69) is 15.7 Å². The molecule has 1 heterocycles. The molecule has 0 saturated carbocycles. The average Bonchev–Trinajstić information content (AvgIpc) is 3.00. The lowest BCUT2D eigenvalue weighted by Gasteiger charge is -2.12. The van der Waals surface area contributed by atoms with Crippen LogP contribution < -0.4 is 20.5 Å². The summed E-state index contributed by atoms with van der Waals surface area (Å²) in [5.41, 5.74) is 1.09. The van der Waals surface area contributed by atoms with E-state index in [1.807, 2.05) is 0 Å². The lowest BCUT2D eigenvalue weighted by Crippen LogP contribution is -2.21. The minimum atomic E-state index is -0.358. The molecule has 0 fully saturated rings. The summed E-state index contributed by atoms with van der Waals surface area (Å²) in [6.07, 6.45) is 0. The molecule has 1 N–H and O–H groups in total. The summed E-state index contributed by atoms with van der Waals surface area (Å²) < 4.78 is 12.8. The smallest absolute Gasteiger partial charge is 0.368 e. The van der Waals surface area contributed by atoms with Crippen LogP contribution in [0, 0.1) is 0 Å². The second kappa shape index (κ2) is 7.09. The molecule has 0 aliphatic rings. The first-order valence-electron chi connectivity index (χ1n) is 7.67. The number of tetrazole rings is 1. The Morgan fingerprint density at radius 3 is 2.35 bits per heavy atom. The summed E-state index contributed by atoms with van der Waals surface area (Å²) in [7, 11) is 4.50. The number of nitrogens with one attached hydrogen (secondary N) is 1. The molecule has 9 heteroatoms. The molecule has 0 atom stereocenters. The van der Waals surface area contributed by atoms with Gasteiger partial charge < -0.3 is 14.8 Å². The van der Waals surface area contributed by atoms with Crippen LogP contribution in [0.2, 0.25) is 0 Å². The van der Waals surface area contributed by atoms with Crippen LogP contribution in [-0.4, -0.2) is 39.9 Å². The molecule has 3 rings (SSSR count). The van der Waals surface area contributed by atoms with Gasteiger partial charge in [-0.15, -0.1) is 0 Å². The Morgan fingerprint density at radius 2 is 1.77 bits per heavy atom. The summed E-state index contributed by atoms with van der Waals surface area (Å²) in [5, 5.41) is 10.2. The van der Waals surface area contributed by atoms with E-state index in [0.717, 1.165) is 9.36 Å². The zero-order chi connectivity index (χ0) is 18.7. The molecule has 0 spiro atoms. The number of ether oxygens (including phenoxy) is 2. The number of nitrogens with zero attached hydrogens (tertiary/aromatic N) is 4. The fourth-order valence-corrected chi connectivity index (χ4v) is 2.43. The number of hydrogen-bond donors (Lipinski definition) is 1. The molecule has 0 bridgehead atoms. The number of methoxy groups -OCH3 is 2. The number of para-hydroxylation sites is 1. The van der Waals surface area contributed by atoms with Crippen molar-refractivity contribution >= 4 is 11.6 Å². The van der Waals surface area contributed by atoms with Crippen LogP contribution in [0.3, 0.4) is 0 Å². The first-order valence-corrected chi connectivity index (χ1v) is 7.67. The third-order valence-electron chi connectivity index (χ3n) is 3.74. The average molecular weight is 355 g/mol. The molecule has 0 radical (unpaired) electrons. The van der Waals surface area contributed by atoms with Gasteiger partial charge in [-0.05, 0) is 46.8 Å². The number of aryl methyl sites for hydroxylation is 1. The molecule has 0 aliphatic heterocycles. The Kier molecular flexibility index (Phi) is 4.70. The molecule has 3 aromatic rings. The van der Waals surface area contributed by atoms with E-state index in [9.17, 15) is 9.59 Å². The van der Waals surface area contributed by atoms with Crippen molar-refractivity contribution in [2.45, 2.75) is 0 Å². The number of hydrogen-bond acceptors (Lipinski definition) is 6. The third-order valence-corrected chi connectivity index (χ3v) is 3.74. The summed E-state index contributed by atoms with van der Waals surface area (Å²) in [5.74, 6) is 0.484. The highest BCUT2D eigenvalue weighted by atomic mass is 16.5. The number of rotatable bonds is 5. The largest absolute Gasteiger partial charge is 0.493 e. The van der Waals surface area contributed by atoms with E-state index in [1.165, 1.54) is 21.3 Å². The van der Waals surface area contributed by atoms with Gasteiger partial charge in [0.25, 0.3) is 5.91 Å². The molecular weight excluding hydrogens is 338 g/mol. The van der Waals surface area contributed by atoms with Gasteiger partial charge in [0.2, 0.25) is 0 Å². The zero-order valence-corrected chi connectivity index (χ0v) is 14.5. The van der Waals surface area contributed by atoms with E-state index in [4.69, 9.17) is 9.47 Å². The third kappa shape index (κ3) is 3.14. The Bertz CT molecular complexity index is 991. The van der Waals surface area contributed by atoms with Crippen LogP contribution in [0.1, 0.15) is 10.4 Å². The van der Waals surface area contributed by atoms with Crippen molar-refractivity contribution < 1.29 is 14.3 Å². The summed E-state index contributed by atoms with van der Waals surface area (Å²) in [4.78, 5) is 24.4. The number of carbonyl (C=O) groups is 1. The fourth-order valence-electron chi connectivity index (χ4n) is 2.43. The number of benzene rings is 2. The van der Waals surface area contributed by atoms with Gasteiger partial charge in [-0.1, -0.05) is 6.07 Å². The highest BCUT2D eigenvalue weighted by molar-refractivity contribution is 6.06. The first-order chi connectivity index (χ1) is 12.5. The van der Waals surface area contributed by atoms with Crippen molar-refractivity contribution in [1.82, 2.24) is 19.8 Å². The van der Waals surface area contributed by atoms with Crippen molar-refractivity contribution in [1.29, 1.82) is 0 Å². The standard InChI is InChI=1S/C17H17N5O4/c1-21-17(24)22(20-19-21)12-9-7-11(8-10-12)18-16(23)13-5-4-6-14(25-2)15(13)26-3/h4-10H,1-3H3,(H,18,23). The van der Waals surface area contributed by atoms with Crippen LogP contribution in [0.15, 0.2) is 47.3 Å². The van der Waals surface area contributed by atoms with Gasteiger partial charge in [0.05, 0.1) is 25.5 Å². The lowest BCUT2D eigenvalue weighted by atomic mass is 10.1. The quantitative estimate of drug-likeness (QED) is 0.739. The van der Waals surface area contributed by atoms with Crippen LogP contribution in [0.5, 0.6) is 11.5 Å². The van der Waals surface area contributed by atoms with Gasteiger partial charge in [-0.2, -0.15) is 9.36 Å². The normalized spacial score (nSPS) is 10.4. The van der Waals surface area contributed by atoms with E-state index in [1.54, 1.807) is 42.5 Å². The molecule has 134 valence electrons. The Labute approximate surface area is 148 Å². The molecule has 0 aliphatic carbocycles. The highest BCUT2D eigenvalue weighted by Gasteiger charge is 2.16. The zero-order valence-electron chi connectivity index (χ0n) is 14.5. The molecule has 0 unspecified atom stereocenters. The molecule has 0 saturated heterocycles.